The highest BCUT2D eigenvalue weighted by molar-refractivity contribution is 7.90. The smallest absolute Gasteiger partial charge is 0.335 e. The highest BCUT2D eigenvalue weighted by Crippen LogP contribution is 2.21. The summed E-state index contributed by atoms with van der Waals surface area (Å²) >= 11 is 0. The van der Waals surface area contributed by atoms with Crippen molar-refractivity contribution in [2.24, 2.45) is 0 Å². The van der Waals surface area contributed by atoms with Crippen molar-refractivity contribution in [2.75, 3.05) is 12.8 Å². The fraction of sp³-hybridized carbons (Fsp3) is 0.529. The molecule has 1 heterocycles. The van der Waals surface area contributed by atoms with Gasteiger partial charge in [0.15, 0.2) is 0 Å². The Morgan fingerprint density at radius 2 is 1.59 bits per heavy atom. The van der Waals surface area contributed by atoms with Gasteiger partial charge in [0.1, 0.15) is 0 Å². The van der Waals surface area contributed by atoms with Gasteiger partial charge in [-0.2, -0.15) is 0 Å². The van der Waals surface area contributed by atoms with Crippen LogP contribution in [0.4, 0.5) is 0 Å². The Kier molecular flexibility index (Phi) is 6.77. The number of sulfone groups is 1. The zero-order valence-electron chi connectivity index (χ0n) is 15.9. The summed E-state index contributed by atoms with van der Waals surface area (Å²) in [5.41, 5.74) is 2.50. The third-order valence-electron chi connectivity index (χ3n) is 4.00. The minimum absolute atomic E-state index is 0.266. The number of aromatic nitrogens is 2. The van der Waals surface area contributed by atoms with Crippen molar-refractivity contribution in [3.63, 3.8) is 0 Å². The lowest BCUT2D eigenvalue weighted by Crippen LogP contribution is -2.26. The molecule has 1 aromatic carbocycles. The van der Waals surface area contributed by atoms with Crippen molar-refractivity contribution in [2.45, 2.75) is 56.6 Å². The van der Waals surface area contributed by atoms with Gasteiger partial charge in [-0.25, -0.2) is 21.6 Å². The van der Waals surface area contributed by atoms with Gasteiger partial charge in [-0.1, -0.05) is 29.2 Å². The van der Waals surface area contributed by atoms with Gasteiger partial charge in [0.25, 0.3) is 0 Å². The van der Waals surface area contributed by atoms with Crippen LogP contribution in [-0.4, -0.2) is 39.8 Å². The number of nitrogens with zero attached hydrogens (tertiary/aromatic N) is 2. The van der Waals surface area contributed by atoms with Gasteiger partial charge >= 0.3 is 5.22 Å². The number of rotatable bonds is 9. The highest BCUT2D eigenvalue weighted by Gasteiger charge is 2.19. The quantitative estimate of drug-likeness (QED) is 0.623. The van der Waals surface area contributed by atoms with Gasteiger partial charge in [0.05, 0.1) is 4.90 Å². The summed E-state index contributed by atoms with van der Waals surface area (Å²) in [6.45, 7) is 5.85. The van der Waals surface area contributed by atoms with Crippen molar-refractivity contribution in [3.05, 3.63) is 34.7 Å². The minimum Gasteiger partial charge on any atom is -0.413 e. The van der Waals surface area contributed by atoms with E-state index in [1.54, 1.807) is 13.8 Å². The van der Waals surface area contributed by atoms with Crippen LogP contribution in [-0.2, 0) is 26.3 Å². The summed E-state index contributed by atoms with van der Waals surface area (Å²) in [6, 6.07) is 3.72. The SMILES string of the molecule is Cc1cc(C)c(S(=O)(=O)NCCCCCc2nnc(S(C)(=O)=O)o2)c(C)c1. The molecular weight excluding hydrogens is 390 g/mol. The number of unbranched alkanes of at least 4 members (excludes halogenated alkanes) is 2. The molecule has 1 N–H and O–H groups in total. The maximum atomic E-state index is 12.5. The van der Waals surface area contributed by atoms with E-state index in [1.807, 2.05) is 19.1 Å². The molecule has 8 nitrogen and oxygen atoms in total. The third-order valence-corrected chi connectivity index (χ3v) is 6.56. The van der Waals surface area contributed by atoms with E-state index in [0.29, 0.717) is 30.7 Å². The Labute approximate surface area is 160 Å². The van der Waals surface area contributed by atoms with E-state index < -0.39 is 19.9 Å². The van der Waals surface area contributed by atoms with Crippen LogP contribution in [0, 0.1) is 20.8 Å². The molecule has 0 saturated carbocycles. The van der Waals surface area contributed by atoms with Crippen molar-refractivity contribution in [3.8, 4) is 0 Å². The Hall–Kier alpha value is -1.78. The largest absolute Gasteiger partial charge is 0.413 e. The molecule has 0 amide bonds. The van der Waals surface area contributed by atoms with E-state index in [0.717, 1.165) is 29.4 Å². The topological polar surface area (TPSA) is 119 Å². The Balaban J connectivity index is 1.81. The molecule has 1 aromatic heterocycles. The summed E-state index contributed by atoms with van der Waals surface area (Å²) in [4.78, 5) is 0.340. The number of aryl methyl sites for hydroxylation is 4. The van der Waals surface area contributed by atoms with Gasteiger partial charge in [-0.05, 0) is 44.7 Å². The first-order valence-electron chi connectivity index (χ1n) is 8.60. The normalized spacial score (nSPS) is 12.4. The first-order valence-corrected chi connectivity index (χ1v) is 12.0. The molecule has 0 radical (unpaired) electrons. The monoisotopic (exact) mass is 415 g/mol. The van der Waals surface area contributed by atoms with Crippen molar-refractivity contribution < 1.29 is 21.3 Å². The molecule has 0 aliphatic rings. The van der Waals surface area contributed by atoms with Crippen LogP contribution >= 0.6 is 0 Å². The summed E-state index contributed by atoms with van der Waals surface area (Å²) in [5.74, 6) is 0.266. The number of sulfonamides is 1. The zero-order chi connectivity index (χ0) is 20.2. The predicted molar refractivity (Wildman–Crippen MR) is 101 cm³/mol. The van der Waals surface area contributed by atoms with Gasteiger partial charge in [0.2, 0.25) is 25.8 Å². The molecule has 0 unspecified atom stereocenters. The van der Waals surface area contributed by atoms with Crippen LogP contribution in [0.15, 0.2) is 26.7 Å². The predicted octanol–water partition coefficient (Wildman–Crippen LogP) is 2.09. The van der Waals surface area contributed by atoms with Crippen LogP contribution in [0.2, 0.25) is 0 Å². The molecular formula is C17H25N3O5S2. The first kappa shape index (κ1) is 21.5. The standard InChI is InChI=1S/C17H25N3O5S2/c1-12-10-13(2)16(14(3)11-12)27(23,24)18-9-7-5-6-8-15-19-20-17(25-15)26(4,21)22/h10-11,18H,5-9H2,1-4H3. The molecule has 0 bridgehead atoms. The third kappa shape index (κ3) is 5.85. The average molecular weight is 416 g/mol. The van der Waals surface area contributed by atoms with Gasteiger partial charge in [0, 0.05) is 19.2 Å². The zero-order valence-corrected chi connectivity index (χ0v) is 17.6. The molecule has 0 atom stereocenters. The Morgan fingerprint density at radius 3 is 2.15 bits per heavy atom. The van der Waals surface area contributed by atoms with E-state index in [-0.39, 0.29) is 11.1 Å². The van der Waals surface area contributed by atoms with E-state index in [2.05, 4.69) is 14.9 Å². The lowest BCUT2D eigenvalue weighted by Gasteiger charge is -2.13. The Bertz CT molecular complexity index is 988. The summed E-state index contributed by atoms with van der Waals surface area (Å²) in [5, 5.41) is 6.81. The van der Waals surface area contributed by atoms with Crippen molar-refractivity contribution >= 4 is 19.9 Å². The molecule has 0 spiro atoms. The Morgan fingerprint density at radius 1 is 0.963 bits per heavy atom. The number of hydrogen-bond donors (Lipinski definition) is 1. The van der Waals surface area contributed by atoms with Gasteiger partial charge in [-0.3, -0.25) is 0 Å². The second kappa shape index (κ2) is 8.49. The summed E-state index contributed by atoms with van der Waals surface area (Å²) < 4.78 is 55.3. The average Bonchev–Trinajstić information content (AvgIpc) is 2.98. The molecule has 2 aromatic rings. The van der Waals surface area contributed by atoms with Crippen molar-refractivity contribution in [1.82, 2.24) is 14.9 Å². The molecule has 10 heteroatoms. The molecule has 0 saturated heterocycles. The fourth-order valence-electron chi connectivity index (χ4n) is 2.94. The molecule has 2 rings (SSSR count). The number of hydrogen-bond acceptors (Lipinski definition) is 7. The van der Waals surface area contributed by atoms with E-state index >= 15 is 0 Å². The van der Waals surface area contributed by atoms with Crippen LogP contribution in [0.25, 0.3) is 0 Å². The van der Waals surface area contributed by atoms with E-state index in [9.17, 15) is 16.8 Å². The second-order valence-corrected chi connectivity index (χ2v) is 10.3. The summed E-state index contributed by atoms with van der Waals surface area (Å²) in [6.07, 6.45) is 3.54. The van der Waals surface area contributed by atoms with Crippen LogP contribution in [0.3, 0.4) is 0 Å². The number of nitrogens with one attached hydrogen (secondary N) is 1. The highest BCUT2D eigenvalue weighted by atomic mass is 32.2. The molecule has 0 fully saturated rings. The lowest BCUT2D eigenvalue weighted by atomic mass is 10.1. The second-order valence-electron chi connectivity index (χ2n) is 6.67. The van der Waals surface area contributed by atoms with Crippen LogP contribution in [0.5, 0.6) is 0 Å². The van der Waals surface area contributed by atoms with Gasteiger partial charge < -0.3 is 4.42 Å². The lowest BCUT2D eigenvalue weighted by molar-refractivity contribution is 0.392. The van der Waals surface area contributed by atoms with Crippen LogP contribution < -0.4 is 4.72 Å². The fourth-order valence-corrected chi connectivity index (χ4v) is 4.90. The maximum absolute atomic E-state index is 12.5. The molecule has 0 aliphatic carbocycles. The number of benzene rings is 1. The minimum atomic E-state index is -3.55. The summed E-state index contributed by atoms with van der Waals surface area (Å²) in [7, 11) is -7.04. The van der Waals surface area contributed by atoms with Crippen LogP contribution in [0.1, 0.15) is 41.8 Å². The molecule has 27 heavy (non-hydrogen) atoms. The molecule has 150 valence electrons. The van der Waals surface area contributed by atoms with E-state index in [1.165, 1.54) is 0 Å². The van der Waals surface area contributed by atoms with Crippen molar-refractivity contribution in [1.29, 1.82) is 0 Å². The van der Waals surface area contributed by atoms with E-state index in [4.69, 9.17) is 4.42 Å². The first-order chi connectivity index (χ1) is 12.5. The van der Waals surface area contributed by atoms with Gasteiger partial charge in [-0.15, -0.1) is 5.10 Å². The maximum Gasteiger partial charge on any atom is 0.335 e. The molecule has 0 aliphatic heterocycles.